The highest BCUT2D eigenvalue weighted by atomic mass is 35.5. The van der Waals surface area contributed by atoms with Crippen LogP contribution in [-0.4, -0.2) is 16.4 Å². The highest BCUT2D eigenvalue weighted by molar-refractivity contribution is 6.31. The van der Waals surface area contributed by atoms with Gasteiger partial charge in [0, 0.05) is 6.20 Å². The van der Waals surface area contributed by atoms with Crippen molar-refractivity contribution < 1.29 is 4.74 Å². The smallest absolute Gasteiger partial charge is 0.119 e. The Hall–Kier alpha value is -1.99. The van der Waals surface area contributed by atoms with Crippen LogP contribution in [0.2, 0.25) is 5.02 Å². The third kappa shape index (κ3) is 3.02. The van der Waals surface area contributed by atoms with Crippen LogP contribution in [0.25, 0.3) is 0 Å². The predicted molar refractivity (Wildman–Crippen MR) is 68.6 cm³/mol. The molecule has 4 nitrogen and oxygen atoms in total. The van der Waals surface area contributed by atoms with Gasteiger partial charge in [0.15, 0.2) is 0 Å². The van der Waals surface area contributed by atoms with E-state index < -0.39 is 0 Å². The fourth-order valence-corrected chi connectivity index (χ4v) is 1.64. The number of aromatic nitrogens is 2. The molecule has 0 saturated carbocycles. The van der Waals surface area contributed by atoms with E-state index in [4.69, 9.17) is 21.6 Å². The molecule has 0 aliphatic carbocycles. The molecule has 18 heavy (non-hydrogen) atoms. The van der Waals surface area contributed by atoms with Crippen molar-refractivity contribution in [2.24, 2.45) is 0 Å². The number of hydrogen-bond acceptors (Lipinski definition) is 3. The van der Waals surface area contributed by atoms with Crippen molar-refractivity contribution in [2.75, 3.05) is 6.61 Å². The van der Waals surface area contributed by atoms with Crippen LogP contribution in [0.1, 0.15) is 11.3 Å². The normalized spacial score (nSPS) is 10.1. The number of rotatable bonds is 4. The highest BCUT2D eigenvalue weighted by Crippen LogP contribution is 2.13. The standard InChI is InChI=1S/C13H12ClN3O/c1-10-13(14)9-17(16-10)6-7-18-12-4-2-11(8-15)3-5-12/h2-5,9H,6-7H2,1H3. The predicted octanol–water partition coefficient (Wildman–Crippen LogP) is 2.80. The van der Waals surface area contributed by atoms with Gasteiger partial charge >= 0.3 is 0 Å². The Balaban J connectivity index is 1.86. The summed E-state index contributed by atoms with van der Waals surface area (Å²) in [6.45, 7) is 3.00. The molecule has 0 unspecified atom stereocenters. The Kier molecular flexibility index (Phi) is 3.85. The lowest BCUT2D eigenvalue weighted by Crippen LogP contribution is -2.08. The van der Waals surface area contributed by atoms with E-state index in [1.54, 1.807) is 35.1 Å². The maximum absolute atomic E-state index is 8.67. The monoisotopic (exact) mass is 261 g/mol. The van der Waals surface area contributed by atoms with Crippen LogP contribution in [0.3, 0.4) is 0 Å². The quantitative estimate of drug-likeness (QED) is 0.850. The number of halogens is 1. The second-order valence-corrected chi connectivity index (χ2v) is 4.22. The Morgan fingerprint density at radius 3 is 2.67 bits per heavy atom. The lowest BCUT2D eigenvalue weighted by molar-refractivity contribution is 0.291. The molecule has 92 valence electrons. The average molecular weight is 262 g/mol. The molecule has 0 radical (unpaired) electrons. The second-order valence-electron chi connectivity index (χ2n) is 3.81. The van der Waals surface area contributed by atoms with Crippen LogP contribution in [-0.2, 0) is 6.54 Å². The van der Waals surface area contributed by atoms with Crippen molar-refractivity contribution in [1.82, 2.24) is 9.78 Å². The van der Waals surface area contributed by atoms with E-state index in [9.17, 15) is 0 Å². The van der Waals surface area contributed by atoms with Crippen LogP contribution < -0.4 is 4.74 Å². The second kappa shape index (κ2) is 5.56. The van der Waals surface area contributed by atoms with Crippen molar-refractivity contribution in [1.29, 1.82) is 5.26 Å². The van der Waals surface area contributed by atoms with Crippen molar-refractivity contribution in [3.05, 3.63) is 46.7 Å². The Morgan fingerprint density at radius 2 is 2.11 bits per heavy atom. The molecule has 2 rings (SSSR count). The van der Waals surface area contributed by atoms with Crippen molar-refractivity contribution in [2.45, 2.75) is 13.5 Å². The molecule has 2 aromatic rings. The zero-order valence-electron chi connectivity index (χ0n) is 9.93. The first-order valence-electron chi connectivity index (χ1n) is 5.51. The summed E-state index contributed by atoms with van der Waals surface area (Å²) in [5.41, 5.74) is 1.44. The first-order chi connectivity index (χ1) is 8.69. The van der Waals surface area contributed by atoms with Gasteiger partial charge in [-0.2, -0.15) is 10.4 Å². The van der Waals surface area contributed by atoms with E-state index in [1.165, 1.54) is 0 Å². The van der Waals surface area contributed by atoms with Gasteiger partial charge in [-0.25, -0.2) is 0 Å². The van der Waals surface area contributed by atoms with E-state index in [0.717, 1.165) is 11.4 Å². The van der Waals surface area contributed by atoms with Gasteiger partial charge < -0.3 is 4.74 Å². The molecule has 0 spiro atoms. The number of aryl methyl sites for hydroxylation is 1. The average Bonchev–Trinajstić information content (AvgIpc) is 2.69. The zero-order chi connectivity index (χ0) is 13.0. The van der Waals surface area contributed by atoms with Gasteiger partial charge in [-0.1, -0.05) is 11.6 Å². The van der Waals surface area contributed by atoms with Crippen LogP contribution in [0.15, 0.2) is 30.5 Å². The molecule has 0 bridgehead atoms. The van der Waals surface area contributed by atoms with Crippen molar-refractivity contribution in [3.63, 3.8) is 0 Å². The summed E-state index contributed by atoms with van der Waals surface area (Å²) in [6, 6.07) is 9.07. The lowest BCUT2D eigenvalue weighted by Gasteiger charge is -2.06. The van der Waals surface area contributed by atoms with Gasteiger partial charge in [-0.15, -0.1) is 0 Å². The number of nitrogens with zero attached hydrogens (tertiary/aromatic N) is 3. The summed E-state index contributed by atoms with van der Waals surface area (Å²) >= 11 is 5.90. The summed E-state index contributed by atoms with van der Waals surface area (Å²) in [6.07, 6.45) is 1.78. The molecule has 0 fully saturated rings. The zero-order valence-corrected chi connectivity index (χ0v) is 10.7. The molecule has 0 aliphatic rings. The van der Waals surface area contributed by atoms with Crippen molar-refractivity contribution in [3.8, 4) is 11.8 Å². The van der Waals surface area contributed by atoms with Gasteiger partial charge in [0.05, 0.1) is 28.9 Å². The van der Waals surface area contributed by atoms with Gasteiger partial charge in [0.2, 0.25) is 0 Å². The number of nitriles is 1. The van der Waals surface area contributed by atoms with Gasteiger partial charge in [0.1, 0.15) is 12.4 Å². The van der Waals surface area contributed by atoms with E-state index in [0.29, 0.717) is 23.7 Å². The summed E-state index contributed by atoms with van der Waals surface area (Å²) in [5, 5.41) is 13.6. The fourth-order valence-electron chi connectivity index (χ4n) is 1.49. The van der Waals surface area contributed by atoms with Gasteiger partial charge in [0.25, 0.3) is 0 Å². The number of ether oxygens (including phenoxy) is 1. The van der Waals surface area contributed by atoms with Crippen LogP contribution in [0.5, 0.6) is 5.75 Å². The van der Waals surface area contributed by atoms with Gasteiger partial charge in [-0.05, 0) is 31.2 Å². The summed E-state index contributed by atoms with van der Waals surface area (Å²) < 4.78 is 7.30. The Morgan fingerprint density at radius 1 is 1.39 bits per heavy atom. The first kappa shape index (κ1) is 12.5. The molecule has 1 aromatic carbocycles. The topological polar surface area (TPSA) is 50.8 Å². The minimum Gasteiger partial charge on any atom is -0.492 e. The van der Waals surface area contributed by atoms with E-state index >= 15 is 0 Å². The van der Waals surface area contributed by atoms with E-state index in [-0.39, 0.29) is 0 Å². The molecule has 0 saturated heterocycles. The highest BCUT2D eigenvalue weighted by Gasteiger charge is 2.01. The molecule has 5 heteroatoms. The van der Waals surface area contributed by atoms with E-state index in [1.807, 2.05) is 6.92 Å². The third-order valence-corrected chi connectivity index (χ3v) is 2.83. The number of benzene rings is 1. The molecule has 0 amide bonds. The first-order valence-corrected chi connectivity index (χ1v) is 5.89. The fraction of sp³-hybridized carbons (Fsp3) is 0.231. The molecule has 1 heterocycles. The minimum atomic E-state index is 0.503. The molecule has 0 N–H and O–H groups in total. The molecular formula is C13H12ClN3O. The van der Waals surface area contributed by atoms with Crippen LogP contribution >= 0.6 is 11.6 Å². The summed E-state index contributed by atoms with van der Waals surface area (Å²) in [5.74, 6) is 0.740. The molecule has 0 aliphatic heterocycles. The third-order valence-electron chi connectivity index (χ3n) is 2.46. The Bertz CT molecular complexity index is 549. The van der Waals surface area contributed by atoms with Crippen LogP contribution in [0, 0.1) is 18.3 Å². The van der Waals surface area contributed by atoms with Crippen LogP contribution in [0.4, 0.5) is 0 Å². The molecule has 0 atom stereocenters. The molecule has 1 aromatic heterocycles. The maximum Gasteiger partial charge on any atom is 0.119 e. The summed E-state index contributed by atoms with van der Waals surface area (Å²) in [7, 11) is 0. The lowest BCUT2D eigenvalue weighted by atomic mass is 10.2. The largest absolute Gasteiger partial charge is 0.492 e. The molecular weight excluding hydrogens is 250 g/mol. The Labute approximate surface area is 110 Å². The van der Waals surface area contributed by atoms with Gasteiger partial charge in [-0.3, -0.25) is 4.68 Å². The summed E-state index contributed by atoms with van der Waals surface area (Å²) in [4.78, 5) is 0. The minimum absolute atomic E-state index is 0.503. The maximum atomic E-state index is 8.67. The van der Waals surface area contributed by atoms with Crippen molar-refractivity contribution >= 4 is 11.6 Å². The number of hydrogen-bond donors (Lipinski definition) is 0. The SMILES string of the molecule is Cc1nn(CCOc2ccc(C#N)cc2)cc1Cl. The van der Waals surface area contributed by atoms with E-state index in [2.05, 4.69) is 11.2 Å².